The molecule has 0 amide bonds. The maximum Gasteiger partial charge on any atom is 0.0508 e. The van der Waals surface area contributed by atoms with Crippen molar-refractivity contribution in [3.63, 3.8) is 0 Å². The van der Waals surface area contributed by atoms with Gasteiger partial charge >= 0.3 is 0 Å². The van der Waals surface area contributed by atoms with E-state index in [1.807, 2.05) is 25.2 Å². The lowest BCUT2D eigenvalue weighted by Crippen LogP contribution is -1.69. The van der Waals surface area contributed by atoms with Crippen LogP contribution >= 0.6 is 12.0 Å². The van der Waals surface area contributed by atoms with E-state index >= 15 is 0 Å². The van der Waals surface area contributed by atoms with Crippen LogP contribution in [0.2, 0.25) is 0 Å². The average Bonchev–Trinajstić information content (AvgIpc) is 1.98. The van der Waals surface area contributed by atoms with Crippen LogP contribution in [0.15, 0.2) is 35.8 Å². The van der Waals surface area contributed by atoms with Gasteiger partial charge in [0.25, 0.3) is 0 Å². The molecule has 0 aromatic heterocycles. The van der Waals surface area contributed by atoms with Gasteiger partial charge in [-0.3, -0.25) is 0 Å². The molecule has 1 nitrogen and oxygen atoms in total. The van der Waals surface area contributed by atoms with E-state index in [9.17, 15) is 0 Å². The monoisotopic (exact) mass is 156 g/mol. The SMILES string of the molecule is C=C/C(=C/C=C\C)SOC. The minimum absolute atomic E-state index is 1.01. The Hall–Kier alpha value is -0.470. The molecule has 0 bridgehead atoms. The van der Waals surface area contributed by atoms with Crippen molar-refractivity contribution >= 4 is 12.0 Å². The van der Waals surface area contributed by atoms with Crippen LogP contribution in [0.4, 0.5) is 0 Å². The molecule has 0 saturated carbocycles. The molecule has 0 fully saturated rings. The fraction of sp³-hybridized carbons (Fsp3) is 0.250. The van der Waals surface area contributed by atoms with Crippen LogP contribution in [0, 0.1) is 0 Å². The third-order valence-electron chi connectivity index (χ3n) is 0.834. The van der Waals surface area contributed by atoms with Gasteiger partial charge in [-0.05, 0) is 13.0 Å². The highest BCUT2D eigenvalue weighted by molar-refractivity contribution is 7.98. The van der Waals surface area contributed by atoms with E-state index in [4.69, 9.17) is 4.18 Å². The van der Waals surface area contributed by atoms with E-state index in [0.717, 1.165) is 4.91 Å². The van der Waals surface area contributed by atoms with E-state index in [1.54, 1.807) is 13.2 Å². The van der Waals surface area contributed by atoms with E-state index in [1.165, 1.54) is 12.0 Å². The molecule has 0 aromatic rings. The van der Waals surface area contributed by atoms with Gasteiger partial charge in [0, 0.05) is 16.9 Å². The van der Waals surface area contributed by atoms with Gasteiger partial charge in [-0.2, -0.15) is 0 Å². The maximum absolute atomic E-state index is 4.84. The van der Waals surface area contributed by atoms with Crippen molar-refractivity contribution in [2.75, 3.05) is 7.11 Å². The quantitative estimate of drug-likeness (QED) is 0.457. The van der Waals surface area contributed by atoms with Gasteiger partial charge in [-0.1, -0.05) is 24.8 Å². The van der Waals surface area contributed by atoms with Crippen LogP contribution < -0.4 is 0 Å². The van der Waals surface area contributed by atoms with Crippen molar-refractivity contribution in [1.82, 2.24) is 0 Å². The minimum Gasteiger partial charge on any atom is -0.314 e. The molecular weight excluding hydrogens is 144 g/mol. The van der Waals surface area contributed by atoms with Gasteiger partial charge in [0.15, 0.2) is 0 Å². The molecule has 0 atom stereocenters. The Morgan fingerprint density at radius 2 is 2.30 bits per heavy atom. The van der Waals surface area contributed by atoms with Crippen molar-refractivity contribution in [1.29, 1.82) is 0 Å². The van der Waals surface area contributed by atoms with Gasteiger partial charge in [0.2, 0.25) is 0 Å². The van der Waals surface area contributed by atoms with Crippen LogP contribution in [0.1, 0.15) is 6.92 Å². The normalized spacial score (nSPS) is 12.4. The Bertz CT molecular complexity index is 147. The predicted octanol–water partition coefficient (Wildman–Crippen LogP) is 2.93. The molecule has 0 aliphatic carbocycles. The molecule has 10 heavy (non-hydrogen) atoms. The summed E-state index contributed by atoms with van der Waals surface area (Å²) in [6.07, 6.45) is 7.61. The molecule has 0 radical (unpaired) electrons. The highest BCUT2D eigenvalue weighted by atomic mass is 32.2. The molecule has 2 heteroatoms. The smallest absolute Gasteiger partial charge is 0.0508 e. The second-order valence-corrected chi connectivity index (χ2v) is 2.52. The van der Waals surface area contributed by atoms with Gasteiger partial charge in [-0.25, -0.2) is 0 Å². The topological polar surface area (TPSA) is 9.23 Å². The highest BCUT2D eigenvalue weighted by Crippen LogP contribution is 2.15. The summed E-state index contributed by atoms with van der Waals surface area (Å²) in [6, 6.07) is 0. The number of hydrogen-bond donors (Lipinski definition) is 0. The molecular formula is C8H12OS. The summed E-state index contributed by atoms with van der Waals surface area (Å²) < 4.78 is 4.84. The molecule has 0 saturated heterocycles. The summed E-state index contributed by atoms with van der Waals surface area (Å²) in [4.78, 5) is 1.01. The number of allylic oxidation sites excluding steroid dienone is 4. The Balaban J connectivity index is 3.90. The Labute approximate surface area is 66.7 Å². The van der Waals surface area contributed by atoms with E-state index < -0.39 is 0 Å². The van der Waals surface area contributed by atoms with Crippen LogP contribution in [-0.4, -0.2) is 7.11 Å². The van der Waals surface area contributed by atoms with E-state index in [2.05, 4.69) is 6.58 Å². The first-order valence-corrected chi connectivity index (χ1v) is 3.75. The largest absolute Gasteiger partial charge is 0.314 e. The predicted molar refractivity (Wildman–Crippen MR) is 47.7 cm³/mol. The first kappa shape index (κ1) is 9.53. The maximum atomic E-state index is 4.84. The summed E-state index contributed by atoms with van der Waals surface area (Å²) in [5.41, 5.74) is 0. The van der Waals surface area contributed by atoms with Crippen molar-refractivity contribution in [3.05, 3.63) is 35.8 Å². The van der Waals surface area contributed by atoms with Crippen LogP contribution in [0.5, 0.6) is 0 Å². The zero-order chi connectivity index (χ0) is 7.82. The third-order valence-corrected chi connectivity index (χ3v) is 1.50. The van der Waals surface area contributed by atoms with Crippen molar-refractivity contribution < 1.29 is 4.18 Å². The molecule has 0 aliphatic heterocycles. The Morgan fingerprint density at radius 1 is 1.60 bits per heavy atom. The van der Waals surface area contributed by atoms with E-state index in [0.29, 0.717) is 0 Å². The van der Waals surface area contributed by atoms with Crippen LogP contribution in [0.25, 0.3) is 0 Å². The zero-order valence-electron chi connectivity index (χ0n) is 6.33. The van der Waals surface area contributed by atoms with Crippen molar-refractivity contribution in [3.8, 4) is 0 Å². The molecule has 56 valence electrons. The lowest BCUT2D eigenvalue weighted by atomic mass is 10.4. The van der Waals surface area contributed by atoms with Crippen LogP contribution in [0.3, 0.4) is 0 Å². The summed E-state index contributed by atoms with van der Waals surface area (Å²) in [6.45, 7) is 5.60. The molecule has 0 aromatic carbocycles. The third kappa shape index (κ3) is 4.41. The van der Waals surface area contributed by atoms with Crippen LogP contribution in [-0.2, 0) is 4.18 Å². The molecule has 0 aliphatic rings. The second-order valence-electron chi connectivity index (χ2n) is 1.55. The molecule has 0 N–H and O–H groups in total. The lowest BCUT2D eigenvalue weighted by molar-refractivity contribution is 0.493. The number of hydrogen-bond acceptors (Lipinski definition) is 2. The van der Waals surface area contributed by atoms with Gasteiger partial charge < -0.3 is 4.18 Å². The van der Waals surface area contributed by atoms with Crippen molar-refractivity contribution in [2.45, 2.75) is 6.92 Å². The first-order chi connectivity index (χ1) is 4.85. The second kappa shape index (κ2) is 6.65. The molecule has 0 heterocycles. The summed E-state index contributed by atoms with van der Waals surface area (Å²) in [5.74, 6) is 0. The Kier molecular flexibility index (Phi) is 6.33. The van der Waals surface area contributed by atoms with E-state index in [-0.39, 0.29) is 0 Å². The fourth-order valence-corrected chi connectivity index (χ4v) is 0.812. The molecule has 0 spiro atoms. The summed E-state index contributed by atoms with van der Waals surface area (Å²) in [5, 5.41) is 0. The van der Waals surface area contributed by atoms with Gasteiger partial charge in [0.05, 0.1) is 7.11 Å². The van der Waals surface area contributed by atoms with Gasteiger partial charge in [-0.15, -0.1) is 0 Å². The van der Waals surface area contributed by atoms with Crippen molar-refractivity contribution in [2.24, 2.45) is 0 Å². The number of rotatable bonds is 4. The standard InChI is InChI=1S/C8H12OS/c1-4-6-7-8(5-2)10-9-3/h4-7H,2H2,1,3H3/b6-4-,8-7-. The molecule has 0 rings (SSSR count). The summed E-state index contributed by atoms with van der Waals surface area (Å²) >= 11 is 1.31. The minimum atomic E-state index is 1.01. The lowest BCUT2D eigenvalue weighted by Gasteiger charge is -1.93. The van der Waals surface area contributed by atoms with Gasteiger partial charge in [0.1, 0.15) is 0 Å². The highest BCUT2D eigenvalue weighted by Gasteiger charge is 1.86. The summed E-state index contributed by atoms with van der Waals surface area (Å²) in [7, 11) is 1.64. The Morgan fingerprint density at radius 3 is 2.70 bits per heavy atom. The molecule has 0 unspecified atom stereocenters. The average molecular weight is 156 g/mol. The zero-order valence-corrected chi connectivity index (χ0v) is 7.15. The first-order valence-electron chi connectivity index (χ1n) is 3.01. The fourth-order valence-electron chi connectivity index (χ4n) is 0.417.